The largest absolute Gasteiger partial charge is 0.303 e. The topological polar surface area (TPSA) is 34.4 Å². The lowest BCUT2D eigenvalue weighted by Gasteiger charge is -2.01. The lowest BCUT2D eigenvalue weighted by atomic mass is 10.2. The molecule has 2 aromatic rings. The minimum Gasteiger partial charge on any atom is -0.303 e. The Balaban J connectivity index is 2.75. The van der Waals surface area contributed by atoms with Crippen LogP contribution in [0.1, 0.15) is 13.8 Å². The molecule has 0 aliphatic rings. The van der Waals surface area contributed by atoms with Crippen molar-refractivity contribution in [2.24, 2.45) is 10.9 Å². The smallest absolute Gasteiger partial charge is 0.250 e. The molecule has 0 aliphatic heterocycles. The van der Waals surface area contributed by atoms with Crippen LogP contribution < -0.4 is 4.80 Å². The van der Waals surface area contributed by atoms with E-state index in [4.69, 9.17) is 18.0 Å². The molecule has 0 N–H and O–H groups in total. The van der Waals surface area contributed by atoms with Gasteiger partial charge in [-0.3, -0.25) is 4.79 Å². The molecule has 98 valence electrons. The fourth-order valence-electron chi connectivity index (χ4n) is 1.63. The molecule has 2 rings (SSSR count). The Hall–Kier alpha value is -1.57. The molecule has 0 saturated heterocycles. The van der Waals surface area contributed by atoms with Gasteiger partial charge in [-0.25, -0.2) is 0 Å². The molecule has 1 aromatic carbocycles. The monoisotopic (exact) mass is 292 g/mol. The van der Waals surface area contributed by atoms with Crippen LogP contribution in [0.2, 0.25) is 5.02 Å². The number of hydrogen-bond acceptors (Lipinski definition) is 2. The average molecular weight is 293 g/mol. The van der Waals surface area contributed by atoms with E-state index in [-0.39, 0.29) is 11.8 Å². The van der Waals surface area contributed by atoms with Crippen molar-refractivity contribution in [1.82, 2.24) is 4.57 Å². The van der Waals surface area contributed by atoms with E-state index < -0.39 is 0 Å². The number of rotatable bonds is 2. The van der Waals surface area contributed by atoms with Crippen LogP contribution in [0.4, 0.5) is 0 Å². The Morgan fingerprint density at radius 2 is 2.32 bits per heavy atom. The van der Waals surface area contributed by atoms with E-state index in [2.05, 4.69) is 10.9 Å². The molecule has 0 saturated carbocycles. The number of terminal acetylenes is 1. The number of para-hydroxylation sites is 1. The van der Waals surface area contributed by atoms with Crippen molar-refractivity contribution in [2.75, 3.05) is 0 Å². The highest BCUT2D eigenvalue weighted by molar-refractivity contribution is 7.16. The summed E-state index contributed by atoms with van der Waals surface area (Å²) in [5.74, 6) is 2.27. The number of aromatic nitrogens is 1. The summed E-state index contributed by atoms with van der Waals surface area (Å²) in [7, 11) is 0. The summed E-state index contributed by atoms with van der Waals surface area (Å²) in [5, 5.41) is 0.613. The molecule has 1 heterocycles. The number of benzene rings is 1. The van der Waals surface area contributed by atoms with Crippen molar-refractivity contribution in [3.63, 3.8) is 0 Å². The fourth-order valence-corrected chi connectivity index (χ4v) is 3.03. The van der Waals surface area contributed by atoms with Gasteiger partial charge in [-0.15, -0.1) is 6.42 Å². The first-order valence-corrected chi connectivity index (χ1v) is 7.04. The summed E-state index contributed by atoms with van der Waals surface area (Å²) in [6, 6.07) is 5.62. The summed E-state index contributed by atoms with van der Waals surface area (Å²) in [4.78, 5) is 16.5. The summed E-state index contributed by atoms with van der Waals surface area (Å²) in [6.45, 7) is 3.98. The molecule has 1 aromatic heterocycles. The van der Waals surface area contributed by atoms with E-state index in [0.717, 1.165) is 10.2 Å². The Morgan fingerprint density at radius 3 is 2.95 bits per heavy atom. The first-order chi connectivity index (χ1) is 9.04. The minimum atomic E-state index is -0.159. The van der Waals surface area contributed by atoms with Gasteiger partial charge in [0.1, 0.15) is 0 Å². The normalized spacial score (nSPS) is 12.1. The first kappa shape index (κ1) is 13.9. The van der Waals surface area contributed by atoms with Crippen LogP contribution >= 0.6 is 22.9 Å². The van der Waals surface area contributed by atoms with E-state index in [1.54, 1.807) is 6.07 Å². The molecular formula is C14H13ClN2OS. The molecule has 0 unspecified atom stereocenters. The molecule has 0 bridgehead atoms. The third-order valence-electron chi connectivity index (χ3n) is 2.60. The first-order valence-electron chi connectivity index (χ1n) is 5.84. The number of thiazole rings is 1. The van der Waals surface area contributed by atoms with Crippen LogP contribution in [0.25, 0.3) is 10.2 Å². The number of amides is 1. The fraction of sp³-hybridized carbons (Fsp3) is 0.286. The highest BCUT2D eigenvalue weighted by Gasteiger charge is 2.11. The second kappa shape index (κ2) is 5.60. The maximum atomic E-state index is 11.8. The van der Waals surface area contributed by atoms with Gasteiger partial charge in [-0.2, -0.15) is 4.99 Å². The van der Waals surface area contributed by atoms with Crippen molar-refractivity contribution < 1.29 is 4.79 Å². The van der Waals surface area contributed by atoms with E-state index in [1.807, 2.05) is 30.5 Å². The zero-order valence-corrected chi connectivity index (χ0v) is 12.3. The zero-order valence-electron chi connectivity index (χ0n) is 10.7. The molecule has 1 amide bonds. The van der Waals surface area contributed by atoms with Crippen LogP contribution in [-0.4, -0.2) is 10.5 Å². The number of fused-ring (bicyclic) bond motifs is 1. The number of carbonyl (C=O) groups excluding carboxylic acids is 1. The molecule has 0 radical (unpaired) electrons. The average Bonchev–Trinajstić information content (AvgIpc) is 2.69. The van der Waals surface area contributed by atoms with Gasteiger partial charge in [-0.1, -0.05) is 48.8 Å². The Kier molecular flexibility index (Phi) is 4.08. The summed E-state index contributed by atoms with van der Waals surface area (Å²) in [6.07, 6.45) is 5.38. The van der Waals surface area contributed by atoms with Crippen molar-refractivity contribution >= 4 is 39.1 Å². The van der Waals surface area contributed by atoms with E-state index >= 15 is 0 Å². The molecule has 5 heteroatoms. The Labute approximate surface area is 120 Å². The van der Waals surface area contributed by atoms with E-state index in [1.165, 1.54) is 11.3 Å². The van der Waals surface area contributed by atoms with Crippen LogP contribution in [0, 0.1) is 18.3 Å². The van der Waals surface area contributed by atoms with Gasteiger partial charge in [0.15, 0.2) is 4.80 Å². The van der Waals surface area contributed by atoms with Gasteiger partial charge in [0.05, 0.1) is 21.8 Å². The van der Waals surface area contributed by atoms with Crippen LogP contribution in [0.5, 0.6) is 0 Å². The van der Waals surface area contributed by atoms with Gasteiger partial charge in [0.2, 0.25) is 0 Å². The minimum absolute atomic E-state index is 0.139. The van der Waals surface area contributed by atoms with Crippen LogP contribution in [0.15, 0.2) is 23.2 Å². The number of nitrogens with zero attached hydrogens (tertiary/aromatic N) is 2. The Morgan fingerprint density at radius 1 is 1.58 bits per heavy atom. The molecule has 0 fully saturated rings. The summed E-state index contributed by atoms with van der Waals surface area (Å²) >= 11 is 7.62. The van der Waals surface area contributed by atoms with Crippen LogP contribution in [-0.2, 0) is 11.3 Å². The van der Waals surface area contributed by atoms with Crippen molar-refractivity contribution in [3.8, 4) is 12.3 Å². The quantitative estimate of drug-likeness (QED) is 0.783. The van der Waals surface area contributed by atoms with Crippen molar-refractivity contribution in [2.45, 2.75) is 20.4 Å². The molecular weight excluding hydrogens is 280 g/mol. The third-order valence-corrected chi connectivity index (χ3v) is 3.95. The maximum Gasteiger partial charge on any atom is 0.250 e. The third kappa shape index (κ3) is 2.73. The number of carbonyl (C=O) groups is 1. The van der Waals surface area contributed by atoms with Gasteiger partial charge < -0.3 is 4.57 Å². The standard InChI is InChI=1S/C14H13ClN2OS/c1-4-8-17-12-10(15)6-5-7-11(12)19-14(17)16-13(18)9(2)3/h1,5-7,9H,8H2,2-3H3. The summed E-state index contributed by atoms with van der Waals surface area (Å²) in [5.41, 5.74) is 0.836. The van der Waals surface area contributed by atoms with Gasteiger partial charge in [0, 0.05) is 5.92 Å². The van der Waals surface area contributed by atoms with Gasteiger partial charge >= 0.3 is 0 Å². The lowest BCUT2D eigenvalue weighted by Crippen LogP contribution is -2.18. The van der Waals surface area contributed by atoms with Gasteiger partial charge in [0.25, 0.3) is 5.91 Å². The zero-order chi connectivity index (χ0) is 14.0. The molecule has 19 heavy (non-hydrogen) atoms. The predicted molar refractivity (Wildman–Crippen MR) is 79.1 cm³/mol. The second-order valence-corrected chi connectivity index (χ2v) is 5.78. The number of halogens is 1. The van der Waals surface area contributed by atoms with E-state index in [0.29, 0.717) is 16.4 Å². The molecule has 0 atom stereocenters. The maximum absolute atomic E-state index is 11.8. The second-order valence-electron chi connectivity index (χ2n) is 4.37. The predicted octanol–water partition coefficient (Wildman–Crippen LogP) is 3.07. The van der Waals surface area contributed by atoms with Crippen LogP contribution in [0.3, 0.4) is 0 Å². The highest BCUT2D eigenvalue weighted by Crippen LogP contribution is 2.25. The molecule has 3 nitrogen and oxygen atoms in total. The highest BCUT2D eigenvalue weighted by atomic mass is 35.5. The SMILES string of the molecule is C#CCn1c(=NC(=O)C(C)C)sc2cccc(Cl)c21. The van der Waals surface area contributed by atoms with Crippen molar-refractivity contribution in [1.29, 1.82) is 0 Å². The number of hydrogen-bond donors (Lipinski definition) is 0. The van der Waals surface area contributed by atoms with Gasteiger partial charge in [-0.05, 0) is 12.1 Å². The molecule has 0 aliphatic carbocycles. The Bertz CT molecular complexity index is 734. The lowest BCUT2D eigenvalue weighted by molar-refractivity contribution is -0.120. The summed E-state index contributed by atoms with van der Waals surface area (Å²) < 4.78 is 2.78. The molecule has 0 spiro atoms. The van der Waals surface area contributed by atoms with E-state index in [9.17, 15) is 4.79 Å². The van der Waals surface area contributed by atoms with Crippen molar-refractivity contribution in [3.05, 3.63) is 28.0 Å².